The molecule has 4 heteroatoms. The summed E-state index contributed by atoms with van der Waals surface area (Å²) < 4.78 is 2.10. The van der Waals surface area contributed by atoms with E-state index in [-0.39, 0.29) is 0 Å². The quantitative estimate of drug-likeness (QED) is 0.647. The van der Waals surface area contributed by atoms with Gasteiger partial charge in [-0.1, -0.05) is 62.2 Å². The summed E-state index contributed by atoms with van der Waals surface area (Å²) in [6, 6.07) is 16.2. The zero-order chi connectivity index (χ0) is 13.2. The molecule has 0 unspecified atom stereocenters. The Morgan fingerprint density at radius 1 is 0.947 bits per heavy atom. The molecule has 1 N–H and O–H groups in total. The molecule has 3 rings (SSSR count). The summed E-state index contributed by atoms with van der Waals surface area (Å²) in [4.78, 5) is 7.80. The third kappa shape index (κ3) is 2.65. The fourth-order valence-electron chi connectivity index (χ4n) is 1.92. The van der Waals surface area contributed by atoms with Crippen molar-refractivity contribution >= 4 is 31.9 Å². The van der Waals surface area contributed by atoms with E-state index in [0.717, 1.165) is 31.6 Å². The van der Waals surface area contributed by atoms with Crippen LogP contribution in [0.2, 0.25) is 0 Å². The van der Waals surface area contributed by atoms with E-state index >= 15 is 0 Å². The van der Waals surface area contributed by atoms with Gasteiger partial charge in [0.25, 0.3) is 0 Å². The number of halogens is 2. The first kappa shape index (κ1) is 12.6. The summed E-state index contributed by atoms with van der Waals surface area (Å²) in [6.07, 6.45) is 1.86. The Morgan fingerprint density at radius 3 is 2.58 bits per heavy atom. The van der Waals surface area contributed by atoms with Gasteiger partial charge in [0.15, 0.2) is 0 Å². The number of hydrogen-bond donors (Lipinski definition) is 1. The van der Waals surface area contributed by atoms with Gasteiger partial charge in [-0.25, -0.2) is 4.98 Å². The first-order valence-corrected chi connectivity index (χ1v) is 7.38. The molecule has 0 bridgehead atoms. The van der Waals surface area contributed by atoms with E-state index in [1.54, 1.807) is 0 Å². The van der Waals surface area contributed by atoms with E-state index < -0.39 is 0 Å². The number of aromatic amines is 1. The summed E-state index contributed by atoms with van der Waals surface area (Å²) in [6.45, 7) is 0. The van der Waals surface area contributed by atoms with Crippen molar-refractivity contribution in [3.05, 3.63) is 63.7 Å². The summed E-state index contributed by atoms with van der Waals surface area (Å²) >= 11 is 7.03. The van der Waals surface area contributed by atoms with Crippen molar-refractivity contribution < 1.29 is 0 Å². The average molecular weight is 378 g/mol. The lowest BCUT2D eigenvalue weighted by Crippen LogP contribution is -1.82. The lowest BCUT2D eigenvalue weighted by Gasteiger charge is -2.01. The number of aromatic nitrogens is 2. The molecule has 1 aromatic heterocycles. The van der Waals surface area contributed by atoms with Crippen molar-refractivity contribution in [3.63, 3.8) is 0 Å². The van der Waals surface area contributed by atoms with Gasteiger partial charge in [0.1, 0.15) is 5.82 Å². The molecular formula is C15H10Br2N2. The van der Waals surface area contributed by atoms with Gasteiger partial charge < -0.3 is 4.98 Å². The Morgan fingerprint density at radius 2 is 1.79 bits per heavy atom. The maximum Gasteiger partial charge on any atom is 0.137 e. The van der Waals surface area contributed by atoms with Gasteiger partial charge >= 0.3 is 0 Å². The third-order valence-corrected chi connectivity index (χ3v) is 4.02. The van der Waals surface area contributed by atoms with Crippen molar-refractivity contribution in [2.24, 2.45) is 0 Å². The smallest absolute Gasteiger partial charge is 0.137 e. The number of nitrogens with one attached hydrogen (secondary N) is 1. The molecule has 0 saturated carbocycles. The monoisotopic (exact) mass is 376 g/mol. The van der Waals surface area contributed by atoms with Crippen LogP contribution in [-0.4, -0.2) is 9.97 Å². The van der Waals surface area contributed by atoms with Crippen LogP contribution in [0.25, 0.3) is 22.6 Å². The van der Waals surface area contributed by atoms with Crippen LogP contribution in [0.15, 0.2) is 63.7 Å². The highest BCUT2D eigenvalue weighted by Crippen LogP contribution is 2.28. The molecule has 0 spiro atoms. The molecule has 0 aliphatic heterocycles. The molecule has 0 amide bonds. The van der Waals surface area contributed by atoms with E-state index in [1.807, 2.05) is 48.7 Å². The van der Waals surface area contributed by atoms with Crippen LogP contribution in [0.3, 0.4) is 0 Å². The van der Waals surface area contributed by atoms with Gasteiger partial charge in [-0.15, -0.1) is 0 Å². The van der Waals surface area contributed by atoms with Crippen LogP contribution in [0, 0.1) is 0 Å². The fourth-order valence-corrected chi connectivity index (χ4v) is 2.82. The topological polar surface area (TPSA) is 28.7 Å². The van der Waals surface area contributed by atoms with Crippen LogP contribution < -0.4 is 0 Å². The van der Waals surface area contributed by atoms with Crippen LogP contribution in [0.4, 0.5) is 0 Å². The lowest BCUT2D eigenvalue weighted by atomic mass is 10.2. The summed E-state index contributed by atoms with van der Waals surface area (Å²) in [5, 5.41) is 0. The van der Waals surface area contributed by atoms with E-state index in [4.69, 9.17) is 0 Å². The fraction of sp³-hybridized carbons (Fsp3) is 0. The minimum atomic E-state index is 0.868. The number of nitrogens with zero attached hydrogens (tertiary/aromatic N) is 1. The summed E-state index contributed by atoms with van der Waals surface area (Å²) in [5.41, 5.74) is 3.17. The Bertz CT molecular complexity index is 719. The highest BCUT2D eigenvalue weighted by molar-refractivity contribution is 9.10. The van der Waals surface area contributed by atoms with Crippen LogP contribution >= 0.6 is 31.9 Å². The van der Waals surface area contributed by atoms with Gasteiger partial charge in [-0.05, 0) is 18.2 Å². The predicted molar refractivity (Wildman–Crippen MR) is 84.9 cm³/mol. The molecule has 0 radical (unpaired) electrons. The molecule has 0 fully saturated rings. The number of imidazole rings is 1. The molecule has 2 aromatic carbocycles. The first-order valence-electron chi connectivity index (χ1n) is 5.80. The molecule has 0 saturated heterocycles. The molecule has 0 atom stereocenters. The highest BCUT2D eigenvalue weighted by atomic mass is 79.9. The van der Waals surface area contributed by atoms with Crippen LogP contribution in [-0.2, 0) is 0 Å². The zero-order valence-electron chi connectivity index (χ0n) is 9.90. The molecular weight excluding hydrogens is 368 g/mol. The van der Waals surface area contributed by atoms with Crippen molar-refractivity contribution in [1.82, 2.24) is 9.97 Å². The van der Waals surface area contributed by atoms with Crippen LogP contribution in [0.5, 0.6) is 0 Å². The van der Waals surface area contributed by atoms with Gasteiger partial charge in [0, 0.05) is 20.1 Å². The van der Waals surface area contributed by atoms with E-state index in [1.165, 1.54) is 0 Å². The molecule has 94 valence electrons. The predicted octanol–water partition coefficient (Wildman–Crippen LogP) is 5.27. The largest absolute Gasteiger partial charge is 0.338 e. The molecule has 2 nitrogen and oxygen atoms in total. The Balaban J connectivity index is 2.03. The van der Waals surface area contributed by atoms with Crippen molar-refractivity contribution in [1.29, 1.82) is 0 Å². The minimum Gasteiger partial charge on any atom is -0.338 e. The van der Waals surface area contributed by atoms with Gasteiger partial charge in [-0.2, -0.15) is 0 Å². The van der Waals surface area contributed by atoms with E-state index in [0.29, 0.717) is 0 Å². The van der Waals surface area contributed by atoms with Gasteiger partial charge in [0.2, 0.25) is 0 Å². The standard InChI is InChI=1S/C15H10Br2N2/c16-11-5-3-4-10(8-11)15-18-9-14(19-15)12-6-1-2-7-13(12)17/h1-9H,(H,18,19). The van der Waals surface area contributed by atoms with Crippen molar-refractivity contribution in [2.45, 2.75) is 0 Å². The summed E-state index contributed by atoms with van der Waals surface area (Å²) in [5.74, 6) is 0.868. The SMILES string of the molecule is Brc1cccc(-c2ncc(-c3ccccc3Br)[nH]2)c1. The van der Waals surface area contributed by atoms with Crippen molar-refractivity contribution in [3.8, 4) is 22.6 Å². The Hall–Kier alpha value is -1.39. The maximum absolute atomic E-state index is 4.45. The van der Waals surface area contributed by atoms with E-state index in [9.17, 15) is 0 Å². The first-order chi connectivity index (χ1) is 9.24. The number of hydrogen-bond acceptors (Lipinski definition) is 1. The van der Waals surface area contributed by atoms with Gasteiger partial charge in [0.05, 0.1) is 11.9 Å². The number of benzene rings is 2. The second-order valence-corrected chi connectivity index (χ2v) is 5.91. The van der Waals surface area contributed by atoms with Crippen molar-refractivity contribution in [2.75, 3.05) is 0 Å². The maximum atomic E-state index is 4.45. The van der Waals surface area contributed by atoms with Gasteiger partial charge in [-0.3, -0.25) is 0 Å². The molecule has 0 aliphatic rings. The normalized spacial score (nSPS) is 10.6. The lowest BCUT2D eigenvalue weighted by molar-refractivity contribution is 1.31. The number of rotatable bonds is 2. The summed E-state index contributed by atoms with van der Waals surface area (Å²) in [7, 11) is 0. The van der Waals surface area contributed by atoms with E-state index in [2.05, 4.69) is 47.9 Å². The number of H-pyrrole nitrogens is 1. The second kappa shape index (κ2) is 5.31. The highest BCUT2D eigenvalue weighted by Gasteiger charge is 2.07. The Labute approximate surface area is 128 Å². The molecule has 0 aliphatic carbocycles. The minimum absolute atomic E-state index is 0.868. The molecule has 3 aromatic rings. The third-order valence-electron chi connectivity index (χ3n) is 2.84. The molecule has 19 heavy (non-hydrogen) atoms. The van der Waals surface area contributed by atoms with Crippen LogP contribution in [0.1, 0.15) is 0 Å². The molecule has 1 heterocycles. The Kier molecular flexibility index (Phi) is 3.53. The second-order valence-electron chi connectivity index (χ2n) is 4.14. The average Bonchev–Trinajstić information content (AvgIpc) is 2.89. The zero-order valence-corrected chi connectivity index (χ0v) is 13.1.